The third kappa shape index (κ3) is 4.03. The summed E-state index contributed by atoms with van der Waals surface area (Å²) in [5.41, 5.74) is -13.6. The SMILES string of the molecule is CCc1cc(C)cc(C(F)(C(F)(F)F)C(F)(F)C(F)(F)F)c1-c1ccccc1C(F)(F)F. The van der Waals surface area contributed by atoms with E-state index in [0.29, 0.717) is 12.1 Å². The summed E-state index contributed by atoms with van der Waals surface area (Å²) in [6.07, 6.45) is -19.5. The fraction of sp³-hybridized carbons (Fsp3) is 0.400. The summed E-state index contributed by atoms with van der Waals surface area (Å²) < 4.78 is 164. The molecule has 0 aliphatic heterocycles. The lowest BCUT2D eigenvalue weighted by Gasteiger charge is -2.38. The van der Waals surface area contributed by atoms with Gasteiger partial charge in [-0.1, -0.05) is 42.8 Å². The topological polar surface area (TPSA) is 0 Å². The van der Waals surface area contributed by atoms with E-state index in [-0.39, 0.29) is 18.1 Å². The molecule has 0 heterocycles. The van der Waals surface area contributed by atoms with E-state index in [0.717, 1.165) is 25.1 Å². The predicted octanol–water partition coefficient (Wildman–Crippen LogP) is 8.17. The van der Waals surface area contributed by atoms with Gasteiger partial charge in [-0.15, -0.1) is 0 Å². The quantitative estimate of drug-likeness (QED) is 0.386. The molecule has 0 nitrogen and oxygen atoms in total. The molecular weight excluding hydrogens is 468 g/mol. The number of halogens is 12. The molecule has 12 heteroatoms. The first-order valence-electron chi connectivity index (χ1n) is 8.81. The maximum atomic E-state index is 15.3. The number of alkyl halides is 12. The molecule has 2 aromatic carbocycles. The molecule has 1 unspecified atom stereocenters. The number of hydrogen-bond acceptors (Lipinski definition) is 0. The molecule has 2 aromatic rings. The molecule has 0 fully saturated rings. The normalized spacial score (nSPS) is 15.6. The van der Waals surface area contributed by atoms with Crippen LogP contribution in [0.15, 0.2) is 36.4 Å². The van der Waals surface area contributed by atoms with Crippen molar-refractivity contribution < 1.29 is 52.7 Å². The Morgan fingerprint density at radius 1 is 0.688 bits per heavy atom. The lowest BCUT2D eigenvalue weighted by Crippen LogP contribution is -2.60. The summed E-state index contributed by atoms with van der Waals surface area (Å²) in [5.74, 6) is -7.01. The molecule has 0 radical (unpaired) electrons. The van der Waals surface area contributed by atoms with Gasteiger partial charge in [-0.2, -0.15) is 48.3 Å². The Morgan fingerprint density at radius 3 is 1.66 bits per heavy atom. The van der Waals surface area contributed by atoms with Crippen LogP contribution in [0, 0.1) is 6.92 Å². The van der Waals surface area contributed by atoms with Crippen LogP contribution in [0.25, 0.3) is 11.1 Å². The van der Waals surface area contributed by atoms with Gasteiger partial charge < -0.3 is 0 Å². The standard InChI is InChI=1S/C20H14F12/c1-3-11-8-10(2)9-14(15(11)12-6-4-5-7-13(12)17(22,23)24)16(21,19(27,28)29)18(25,26)20(30,31)32/h4-9H,3H2,1-2H3. The van der Waals surface area contributed by atoms with Gasteiger partial charge in [-0.05, 0) is 36.1 Å². The monoisotopic (exact) mass is 482 g/mol. The van der Waals surface area contributed by atoms with E-state index < -0.39 is 57.9 Å². The second-order valence-corrected chi connectivity index (χ2v) is 6.97. The first-order chi connectivity index (χ1) is 14.3. The maximum absolute atomic E-state index is 15.3. The van der Waals surface area contributed by atoms with Crippen LogP contribution in [0.2, 0.25) is 0 Å². The highest BCUT2D eigenvalue weighted by atomic mass is 19.4. The van der Waals surface area contributed by atoms with Gasteiger partial charge in [-0.25, -0.2) is 4.39 Å². The van der Waals surface area contributed by atoms with Gasteiger partial charge in [0.05, 0.1) is 5.56 Å². The van der Waals surface area contributed by atoms with Gasteiger partial charge in [0.15, 0.2) is 0 Å². The highest BCUT2D eigenvalue weighted by molar-refractivity contribution is 5.76. The van der Waals surface area contributed by atoms with Gasteiger partial charge in [0.2, 0.25) is 0 Å². The van der Waals surface area contributed by atoms with Crippen LogP contribution >= 0.6 is 0 Å². The first kappa shape index (κ1) is 25.9. The van der Waals surface area contributed by atoms with E-state index in [1.54, 1.807) is 0 Å². The van der Waals surface area contributed by atoms with Crippen molar-refractivity contribution in [3.05, 3.63) is 58.7 Å². The molecular formula is C20H14F12. The Labute approximate surface area is 173 Å². The Bertz CT molecular complexity index is 982. The van der Waals surface area contributed by atoms with Crippen LogP contribution in [0.1, 0.15) is 29.2 Å². The Balaban J connectivity index is 3.15. The average Bonchev–Trinajstić information content (AvgIpc) is 2.63. The van der Waals surface area contributed by atoms with E-state index in [1.807, 2.05) is 0 Å². The predicted molar refractivity (Wildman–Crippen MR) is 90.8 cm³/mol. The van der Waals surface area contributed by atoms with Crippen LogP contribution < -0.4 is 0 Å². The van der Waals surface area contributed by atoms with Gasteiger partial charge in [-0.3, -0.25) is 0 Å². The minimum absolute atomic E-state index is 0.0643. The highest BCUT2D eigenvalue weighted by Crippen LogP contribution is 2.60. The van der Waals surface area contributed by atoms with E-state index in [9.17, 15) is 48.3 Å². The van der Waals surface area contributed by atoms with Crippen LogP contribution in [0.5, 0.6) is 0 Å². The zero-order valence-corrected chi connectivity index (χ0v) is 16.2. The molecule has 178 valence electrons. The number of rotatable bonds is 4. The smallest absolute Gasteiger partial charge is 0.221 e. The van der Waals surface area contributed by atoms with Crippen molar-refractivity contribution in [2.75, 3.05) is 0 Å². The van der Waals surface area contributed by atoms with Crippen molar-refractivity contribution in [3.63, 3.8) is 0 Å². The summed E-state index contributed by atoms with van der Waals surface area (Å²) in [4.78, 5) is 0. The minimum atomic E-state index is -7.01. The molecule has 0 amide bonds. The molecule has 0 aliphatic carbocycles. The summed E-state index contributed by atoms with van der Waals surface area (Å²) in [6, 6.07) is 3.78. The number of aryl methyl sites for hydroxylation is 2. The Morgan fingerprint density at radius 2 is 1.22 bits per heavy atom. The van der Waals surface area contributed by atoms with E-state index in [4.69, 9.17) is 0 Å². The van der Waals surface area contributed by atoms with E-state index in [2.05, 4.69) is 0 Å². The lowest BCUT2D eigenvalue weighted by molar-refractivity contribution is -0.389. The molecule has 0 saturated heterocycles. The third-order valence-electron chi connectivity index (χ3n) is 4.80. The molecule has 1 atom stereocenters. The molecule has 0 saturated carbocycles. The summed E-state index contributed by atoms with van der Waals surface area (Å²) >= 11 is 0. The van der Waals surface area contributed by atoms with Gasteiger partial charge in [0, 0.05) is 5.56 Å². The van der Waals surface area contributed by atoms with Crippen molar-refractivity contribution in [1.82, 2.24) is 0 Å². The average molecular weight is 482 g/mol. The molecule has 0 aromatic heterocycles. The number of hydrogen-bond donors (Lipinski definition) is 0. The summed E-state index contributed by atoms with van der Waals surface area (Å²) in [7, 11) is 0. The molecule has 2 rings (SSSR count). The van der Waals surface area contributed by atoms with Crippen LogP contribution in [-0.2, 0) is 18.3 Å². The van der Waals surface area contributed by atoms with E-state index >= 15 is 4.39 Å². The molecule has 0 aliphatic rings. The Hall–Kier alpha value is -2.40. The second-order valence-electron chi connectivity index (χ2n) is 6.97. The summed E-state index contributed by atoms with van der Waals surface area (Å²) in [6.45, 7) is 2.21. The second kappa shape index (κ2) is 7.87. The van der Waals surface area contributed by atoms with Gasteiger partial charge >= 0.3 is 30.1 Å². The zero-order valence-electron chi connectivity index (χ0n) is 16.2. The largest absolute Gasteiger partial charge is 0.457 e. The fourth-order valence-electron chi connectivity index (χ4n) is 3.37. The molecule has 32 heavy (non-hydrogen) atoms. The molecule has 0 spiro atoms. The first-order valence-corrected chi connectivity index (χ1v) is 8.81. The van der Waals surface area contributed by atoms with Gasteiger partial charge in [0.25, 0.3) is 0 Å². The maximum Gasteiger partial charge on any atom is 0.457 e. The third-order valence-corrected chi connectivity index (χ3v) is 4.80. The zero-order chi connectivity index (χ0) is 24.9. The van der Waals surface area contributed by atoms with Crippen LogP contribution in [-0.4, -0.2) is 18.3 Å². The van der Waals surface area contributed by atoms with Crippen molar-refractivity contribution in [3.8, 4) is 11.1 Å². The minimum Gasteiger partial charge on any atom is -0.221 e. The van der Waals surface area contributed by atoms with Crippen molar-refractivity contribution >= 4 is 0 Å². The van der Waals surface area contributed by atoms with Crippen molar-refractivity contribution in [2.24, 2.45) is 0 Å². The van der Waals surface area contributed by atoms with Crippen molar-refractivity contribution in [1.29, 1.82) is 0 Å². The van der Waals surface area contributed by atoms with E-state index in [1.165, 1.54) is 6.92 Å². The van der Waals surface area contributed by atoms with Crippen LogP contribution in [0.4, 0.5) is 52.7 Å². The fourth-order valence-corrected chi connectivity index (χ4v) is 3.37. The van der Waals surface area contributed by atoms with Crippen molar-refractivity contribution in [2.45, 2.75) is 50.4 Å². The van der Waals surface area contributed by atoms with Gasteiger partial charge in [0.1, 0.15) is 0 Å². The summed E-state index contributed by atoms with van der Waals surface area (Å²) in [5, 5.41) is 0. The highest BCUT2D eigenvalue weighted by Gasteiger charge is 2.82. The molecule has 0 bridgehead atoms. The number of benzene rings is 2. The Kier molecular flexibility index (Phi) is 6.36. The lowest BCUT2D eigenvalue weighted by atomic mass is 9.78. The molecule has 0 N–H and O–H groups in total. The van der Waals surface area contributed by atoms with Crippen LogP contribution in [0.3, 0.4) is 0 Å².